The van der Waals surface area contributed by atoms with Crippen molar-refractivity contribution in [2.45, 2.75) is 13.3 Å². The fraction of sp³-hybridized carbons (Fsp3) is 0.182. The van der Waals surface area contributed by atoms with E-state index in [-0.39, 0.29) is 6.42 Å². The molecule has 82 valence electrons. The lowest BCUT2D eigenvalue weighted by atomic mass is 10.2. The molecule has 0 saturated heterocycles. The summed E-state index contributed by atoms with van der Waals surface area (Å²) in [5.41, 5.74) is 2.46. The molecule has 0 saturated carbocycles. The van der Waals surface area contributed by atoms with Gasteiger partial charge in [0.25, 0.3) is 0 Å². The number of carboxylic acids is 1. The maximum Gasteiger partial charge on any atom is 0.309 e. The fourth-order valence-electron chi connectivity index (χ4n) is 1.54. The number of aryl methyl sites for hydroxylation is 1. The number of para-hydroxylation sites is 1. The molecule has 1 N–H and O–H groups in total. The first-order valence-electron chi connectivity index (χ1n) is 4.86. The molecule has 5 heteroatoms. The smallest absolute Gasteiger partial charge is 0.309 e. The van der Waals surface area contributed by atoms with Gasteiger partial charge in [-0.25, -0.2) is 4.68 Å². The number of hydrogen-bond donors (Lipinski definition) is 1. The summed E-state index contributed by atoms with van der Waals surface area (Å²) in [5, 5.41) is 16.4. The molecule has 5 nitrogen and oxygen atoms in total. The number of carboxylic acid groups (broad SMARTS) is 1. The van der Waals surface area contributed by atoms with Gasteiger partial charge in [-0.1, -0.05) is 23.4 Å². The Bertz CT molecular complexity index is 519. The summed E-state index contributed by atoms with van der Waals surface area (Å²) >= 11 is 0. The first-order valence-corrected chi connectivity index (χ1v) is 4.86. The molecular weight excluding hydrogens is 206 g/mol. The van der Waals surface area contributed by atoms with Crippen LogP contribution < -0.4 is 0 Å². The molecule has 1 aromatic carbocycles. The van der Waals surface area contributed by atoms with Crippen LogP contribution >= 0.6 is 0 Å². The van der Waals surface area contributed by atoms with Gasteiger partial charge in [-0.3, -0.25) is 4.79 Å². The second kappa shape index (κ2) is 4.14. The van der Waals surface area contributed by atoms with Gasteiger partial charge in [0.1, 0.15) is 0 Å². The van der Waals surface area contributed by atoms with Crippen molar-refractivity contribution >= 4 is 5.97 Å². The lowest BCUT2D eigenvalue weighted by Crippen LogP contribution is -2.08. The maximum absolute atomic E-state index is 10.7. The van der Waals surface area contributed by atoms with Crippen LogP contribution in [0.5, 0.6) is 0 Å². The van der Waals surface area contributed by atoms with Crippen LogP contribution in [0.15, 0.2) is 30.5 Å². The molecule has 0 bridgehead atoms. The van der Waals surface area contributed by atoms with E-state index in [0.717, 1.165) is 11.3 Å². The number of hydrogen-bond acceptors (Lipinski definition) is 3. The third kappa shape index (κ3) is 1.93. The Labute approximate surface area is 92.3 Å². The summed E-state index contributed by atoms with van der Waals surface area (Å²) in [5.74, 6) is -0.892. The van der Waals surface area contributed by atoms with Crippen LogP contribution in [0.3, 0.4) is 0 Å². The van der Waals surface area contributed by atoms with Crippen LogP contribution in [0.1, 0.15) is 11.3 Å². The summed E-state index contributed by atoms with van der Waals surface area (Å²) in [6, 6.07) is 7.64. The molecule has 0 aliphatic heterocycles. The zero-order valence-electron chi connectivity index (χ0n) is 8.79. The van der Waals surface area contributed by atoms with Crippen LogP contribution in [-0.2, 0) is 11.2 Å². The summed E-state index contributed by atoms with van der Waals surface area (Å²) in [4.78, 5) is 10.7. The van der Waals surface area contributed by atoms with E-state index in [9.17, 15) is 4.79 Å². The normalized spacial score (nSPS) is 10.3. The lowest BCUT2D eigenvalue weighted by Gasteiger charge is -2.07. The second-order valence-electron chi connectivity index (χ2n) is 3.49. The van der Waals surface area contributed by atoms with Gasteiger partial charge >= 0.3 is 5.97 Å². The molecular formula is C11H11N3O2. The van der Waals surface area contributed by atoms with Gasteiger partial charge in [0.2, 0.25) is 0 Å². The minimum Gasteiger partial charge on any atom is -0.481 e. The first kappa shape index (κ1) is 10.4. The molecule has 0 atom stereocenters. The Hall–Kier alpha value is -2.17. The highest BCUT2D eigenvalue weighted by Crippen LogP contribution is 2.14. The number of nitrogens with zero attached hydrogens (tertiary/aromatic N) is 3. The molecule has 0 fully saturated rings. The molecule has 16 heavy (non-hydrogen) atoms. The number of benzene rings is 1. The van der Waals surface area contributed by atoms with Crippen LogP contribution in [0.25, 0.3) is 5.69 Å². The average Bonchev–Trinajstić information content (AvgIpc) is 2.66. The molecule has 0 aliphatic carbocycles. The van der Waals surface area contributed by atoms with E-state index in [1.54, 1.807) is 4.68 Å². The standard InChI is InChI=1S/C11H11N3O2/c1-8-4-2-3-5-10(8)14-9(6-11(15)16)7-12-13-14/h2-5,7H,6H2,1H3,(H,15,16). The van der Waals surface area contributed by atoms with Crippen molar-refractivity contribution in [3.63, 3.8) is 0 Å². The lowest BCUT2D eigenvalue weighted by molar-refractivity contribution is -0.136. The highest BCUT2D eigenvalue weighted by Gasteiger charge is 2.10. The summed E-state index contributed by atoms with van der Waals surface area (Å²) in [6.07, 6.45) is 1.39. The van der Waals surface area contributed by atoms with Gasteiger partial charge < -0.3 is 5.11 Å². The van der Waals surface area contributed by atoms with Crippen molar-refractivity contribution < 1.29 is 9.90 Å². The minimum absolute atomic E-state index is 0.0820. The summed E-state index contributed by atoms with van der Waals surface area (Å²) in [7, 11) is 0. The third-order valence-electron chi connectivity index (χ3n) is 2.30. The van der Waals surface area contributed by atoms with Crippen molar-refractivity contribution in [3.8, 4) is 5.69 Å². The van der Waals surface area contributed by atoms with Crippen molar-refractivity contribution in [2.75, 3.05) is 0 Å². The van der Waals surface area contributed by atoms with Gasteiger partial charge in [0, 0.05) is 0 Å². The van der Waals surface area contributed by atoms with Crippen molar-refractivity contribution in [2.24, 2.45) is 0 Å². The van der Waals surface area contributed by atoms with Crippen LogP contribution in [0.4, 0.5) is 0 Å². The topological polar surface area (TPSA) is 68.0 Å². The molecule has 0 aliphatic rings. The van der Waals surface area contributed by atoms with Crippen LogP contribution in [0.2, 0.25) is 0 Å². The average molecular weight is 217 g/mol. The number of rotatable bonds is 3. The predicted octanol–water partition coefficient (Wildman–Crippen LogP) is 1.20. The summed E-state index contributed by atoms with van der Waals surface area (Å²) < 4.78 is 1.56. The molecule has 0 radical (unpaired) electrons. The Morgan fingerprint density at radius 1 is 1.44 bits per heavy atom. The molecule has 1 aromatic heterocycles. The van der Waals surface area contributed by atoms with Crippen LogP contribution in [0, 0.1) is 6.92 Å². The highest BCUT2D eigenvalue weighted by atomic mass is 16.4. The fourth-order valence-corrected chi connectivity index (χ4v) is 1.54. The molecule has 2 rings (SSSR count). The minimum atomic E-state index is -0.892. The molecule has 1 heterocycles. The largest absolute Gasteiger partial charge is 0.481 e. The predicted molar refractivity (Wildman–Crippen MR) is 57.4 cm³/mol. The molecule has 0 spiro atoms. The number of carbonyl (C=O) groups is 1. The van der Waals surface area contributed by atoms with E-state index in [0.29, 0.717) is 5.69 Å². The van der Waals surface area contributed by atoms with Crippen molar-refractivity contribution in [1.29, 1.82) is 0 Å². The molecule has 0 amide bonds. The van der Waals surface area contributed by atoms with E-state index >= 15 is 0 Å². The zero-order chi connectivity index (χ0) is 11.5. The van der Waals surface area contributed by atoms with Gasteiger partial charge in [0.05, 0.1) is 24.0 Å². The van der Waals surface area contributed by atoms with Gasteiger partial charge in [-0.05, 0) is 18.6 Å². The first-order chi connectivity index (χ1) is 7.68. The van der Waals surface area contributed by atoms with E-state index in [1.165, 1.54) is 6.20 Å². The van der Waals surface area contributed by atoms with Crippen molar-refractivity contribution in [3.05, 3.63) is 41.7 Å². The quantitative estimate of drug-likeness (QED) is 0.838. The van der Waals surface area contributed by atoms with Gasteiger partial charge in [-0.2, -0.15) is 0 Å². The molecule has 0 unspecified atom stereocenters. The third-order valence-corrected chi connectivity index (χ3v) is 2.30. The zero-order valence-corrected chi connectivity index (χ0v) is 8.79. The Kier molecular flexibility index (Phi) is 2.68. The van der Waals surface area contributed by atoms with Gasteiger partial charge in [-0.15, -0.1) is 5.10 Å². The summed E-state index contributed by atoms with van der Waals surface area (Å²) in [6.45, 7) is 1.95. The number of aliphatic carboxylic acids is 1. The molecule has 2 aromatic rings. The monoisotopic (exact) mass is 217 g/mol. The number of aromatic nitrogens is 3. The highest BCUT2D eigenvalue weighted by molar-refractivity contribution is 5.69. The Morgan fingerprint density at radius 3 is 2.88 bits per heavy atom. The van der Waals surface area contributed by atoms with Gasteiger partial charge in [0.15, 0.2) is 0 Å². The maximum atomic E-state index is 10.7. The second-order valence-corrected chi connectivity index (χ2v) is 3.49. The van der Waals surface area contributed by atoms with E-state index in [1.807, 2.05) is 31.2 Å². The Morgan fingerprint density at radius 2 is 2.19 bits per heavy atom. The van der Waals surface area contributed by atoms with E-state index in [2.05, 4.69) is 10.3 Å². The Balaban J connectivity index is 2.45. The van der Waals surface area contributed by atoms with E-state index in [4.69, 9.17) is 5.11 Å². The van der Waals surface area contributed by atoms with Crippen molar-refractivity contribution in [1.82, 2.24) is 15.0 Å². The SMILES string of the molecule is Cc1ccccc1-n1nncc1CC(=O)O. The van der Waals surface area contributed by atoms with E-state index < -0.39 is 5.97 Å². The van der Waals surface area contributed by atoms with Crippen LogP contribution in [-0.4, -0.2) is 26.1 Å².